The third-order valence-corrected chi connectivity index (χ3v) is 8.34. The lowest BCUT2D eigenvalue weighted by Crippen LogP contribution is -2.51. The zero-order valence-corrected chi connectivity index (χ0v) is 26.2. The summed E-state index contributed by atoms with van der Waals surface area (Å²) in [7, 11) is -3.67. The van der Waals surface area contributed by atoms with Crippen molar-refractivity contribution >= 4 is 39.1 Å². The molecule has 2 amide bonds. The highest BCUT2D eigenvalue weighted by Crippen LogP contribution is 2.35. The van der Waals surface area contributed by atoms with E-state index in [1.807, 2.05) is 50.2 Å². The van der Waals surface area contributed by atoms with Crippen molar-refractivity contribution < 1.29 is 27.5 Å². The Morgan fingerprint density at radius 1 is 0.930 bits per heavy atom. The van der Waals surface area contributed by atoms with E-state index in [2.05, 4.69) is 5.32 Å². The molecular formula is C32H38ClN3O6S. The molecule has 0 fully saturated rings. The van der Waals surface area contributed by atoms with Crippen molar-refractivity contribution in [2.24, 2.45) is 0 Å². The Hall–Kier alpha value is -3.76. The lowest BCUT2D eigenvalue weighted by molar-refractivity contribution is -0.141. The van der Waals surface area contributed by atoms with Crippen LogP contribution in [0.15, 0.2) is 72.8 Å². The van der Waals surface area contributed by atoms with E-state index in [9.17, 15) is 18.0 Å². The van der Waals surface area contributed by atoms with Crippen LogP contribution in [0, 0.1) is 0 Å². The molecule has 0 spiro atoms. The van der Waals surface area contributed by atoms with Crippen molar-refractivity contribution in [2.45, 2.75) is 51.7 Å². The Bertz CT molecular complexity index is 1520. The number of ether oxygens (including phenoxy) is 2. The highest BCUT2D eigenvalue weighted by Gasteiger charge is 2.31. The molecule has 0 radical (unpaired) electrons. The zero-order valence-electron chi connectivity index (χ0n) is 24.7. The van der Waals surface area contributed by atoms with Gasteiger partial charge in [-0.2, -0.15) is 0 Å². The minimum absolute atomic E-state index is 0.0252. The summed E-state index contributed by atoms with van der Waals surface area (Å²) < 4.78 is 38.0. The van der Waals surface area contributed by atoms with Crippen molar-refractivity contribution in [3.63, 3.8) is 0 Å². The maximum absolute atomic E-state index is 13.9. The van der Waals surface area contributed by atoms with Gasteiger partial charge in [0.05, 0.1) is 11.9 Å². The second kappa shape index (κ2) is 14.6. The molecule has 11 heteroatoms. The number of carbonyl (C=O) groups excluding carboxylic acids is 2. The quantitative estimate of drug-likeness (QED) is 0.291. The van der Waals surface area contributed by atoms with Gasteiger partial charge in [-0.1, -0.05) is 54.1 Å². The lowest BCUT2D eigenvalue weighted by Gasteiger charge is -2.32. The van der Waals surface area contributed by atoms with Crippen LogP contribution in [-0.2, 0) is 32.6 Å². The fourth-order valence-corrected chi connectivity index (χ4v) is 6.13. The molecule has 4 rings (SSSR count). The van der Waals surface area contributed by atoms with Crippen molar-refractivity contribution in [2.75, 3.05) is 30.3 Å². The van der Waals surface area contributed by atoms with Crippen molar-refractivity contribution in [3.8, 4) is 11.5 Å². The Morgan fingerprint density at radius 3 is 2.30 bits per heavy atom. The van der Waals surface area contributed by atoms with Crippen LogP contribution in [-0.4, -0.2) is 63.2 Å². The third kappa shape index (κ3) is 9.11. The maximum Gasteiger partial charge on any atom is 0.243 e. The summed E-state index contributed by atoms with van der Waals surface area (Å²) in [6, 6.07) is 20.8. The number of fused-ring (bicyclic) bond motifs is 1. The number of hydrogen-bond donors (Lipinski definition) is 1. The molecular weight excluding hydrogens is 590 g/mol. The first-order valence-electron chi connectivity index (χ1n) is 14.3. The highest BCUT2D eigenvalue weighted by molar-refractivity contribution is 7.92. The minimum atomic E-state index is -3.67. The molecule has 3 aromatic carbocycles. The fourth-order valence-electron chi connectivity index (χ4n) is 4.96. The van der Waals surface area contributed by atoms with Crippen LogP contribution in [0.25, 0.3) is 0 Å². The van der Waals surface area contributed by atoms with E-state index in [4.69, 9.17) is 21.1 Å². The second-order valence-corrected chi connectivity index (χ2v) is 13.1. The molecule has 230 valence electrons. The molecule has 0 aromatic heterocycles. The van der Waals surface area contributed by atoms with Gasteiger partial charge in [-0.3, -0.25) is 13.9 Å². The average molecular weight is 628 g/mol. The van der Waals surface area contributed by atoms with Crippen LogP contribution in [0.4, 0.5) is 5.69 Å². The minimum Gasteiger partial charge on any atom is -0.486 e. The molecule has 1 atom stereocenters. The number of amides is 2. The summed E-state index contributed by atoms with van der Waals surface area (Å²) in [5.74, 6) is 0.499. The number of anilines is 1. The predicted molar refractivity (Wildman–Crippen MR) is 168 cm³/mol. The lowest BCUT2D eigenvalue weighted by atomic mass is 10.0. The van der Waals surface area contributed by atoms with Gasteiger partial charge < -0.3 is 19.7 Å². The molecule has 43 heavy (non-hydrogen) atoms. The molecule has 1 aliphatic heterocycles. The molecule has 1 N–H and O–H groups in total. The number of carbonyl (C=O) groups is 2. The van der Waals surface area contributed by atoms with Crippen LogP contribution in [0.2, 0.25) is 5.02 Å². The third-order valence-electron chi connectivity index (χ3n) is 6.91. The molecule has 1 heterocycles. The Morgan fingerprint density at radius 2 is 1.63 bits per heavy atom. The van der Waals surface area contributed by atoms with Gasteiger partial charge in [0, 0.05) is 43.1 Å². The number of rotatable bonds is 13. The number of halogens is 1. The SMILES string of the molecule is CC(C)NC(=O)[C@H](Cc1ccccc1)N(Cc1cccc(Cl)c1)C(=O)CCCN(c1ccc2c(c1)OCCO2)S(C)(=O)=O. The topological polar surface area (TPSA) is 105 Å². The summed E-state index contributed by atoms with van der Waals surface area (Å²) in [5, 5.41) is 3.49. The van der Waals surface area contributed by atoms with Crippen LogP contribution >= 0.6 is 11.6 Å². The van der Waals surface area contributed by atoms with Gasteiger partial charge in [-0.05, 0) is 55.7 Å². The smallest absolute Gasteiger partial charge is 0.243 e. The summed E-state index contributed by atoms with van der Waals surface area (Å²) in [6.07, 6.45) is 1.70. The van der Waals surface area contributed by atoms with E-state index < -0.39 is 16.1 Å². The Labute approximate surface area is 258 Å². The van der Waals surface area contributed by atoms with E-state index >= 15 is 0 Å². The number of nitrogens with one attached hydrogen (secondary N) is 1. The Balaban J connectivity index is 1.57. The summed E-state index contributed by atoms with van der Waals surface area (Å²) in [5.41, 5.74) is 2.12. The van der Waals surface area contributed by atoms with E-state index in [1.54, 1.807) is 41.3 Å². The maximum atomic E-state index is 13.9. The number of benzene rings is 3. The molecule has 0 saturated heterocycles. The first-order valence-corrected chi connectivity index (χ1v) is 16.5. The van der Waals surface area contributed by atoms with Crippen molar-refractivity contribution in [1.29, 1.82) is 0 Å². The fraction of sp³-hybridized carbons (Fsp3) is 0.375. The van der Waals surface area contributed by atoms with Gasteiger partial charge >= 0.3 is 0 Å². The van der Waals surface area contributed by atoms with Gasteiger partial charge in [0.25, 0.3) is 0 Å². The molecule has 0 bridgehead atoms. The first kappa shape index (κ1) is 32.2. The number of hydrogen-bond acceptors (Lipinski definition) is 6. The molecule has 0 saturated carbocycles. The van der Waals surface area contributed by atoms with E-state index in [-0.39, 0.29) is 43.8 Å². The van der Waals surface area contributed by atoms with E-state index in [1.165, 1.54) is 4.31 Å². The Kier molecular flexibility index (Phi) is 10.9. The number of nitrogens with zero attached hydrogens (tertiary/aromatic N) is 2. The van der Waals surface area contributed by atoms with Crippen molar-refractivity contribution in [3.05, 3.63) is 88.9 Å². The van der Waals surface area contributed by atoms with Gasteiger partial charge in [0.1, 0.15) is 19.3 Å². The van der Waals surface area contributed by atoms with Gasteiger partial charge in [0.15, 0.2) is 11.5 Å². The van der Waals surface area contributed by atoms with Gasteiger partial charge in [-0.25, -0.2) is 8.42 Å². The van der Waals surface area contributed by atoms with Crippen LogP contribution in [0.3, 0.4) is 0 Å². The largest absolute Gasteiger partial charge is 0.486 e. The van der Waals surface area contributed by atoms with E-state index in [0.29, 0.717) is 41.8 Å². The van der Waals surface area contributed by atoms with Crippen LogP contribution < -0.4 is 19.1 Å². The van der Waals surface area contributed by atoms with E-state index in [0.717, 1.165) is 17.4 Å². The van der Waals surface area contributed by atoms with Gasteiger partial charge in [0.2, 0.25) is 21.8 Å². The van der Waals surface area contributed by atoms with Crippen LogP contribution in [0.5, 0.6) is 11.5 Å². The monoisotopic (exact) mass is 627 g/mol. The molecule has 0 unspecified atom stereocenters. The van der Waals surface area contributed by atoms with Gasteiger partial charge in [-0.15, -0.1) is 0 Å². The average Bonchev–Trinajstić information content (AvgIpc) is 2.96. The molecule has 1 aliphatic rings. The van der Waals surface area contributed by atoms with Crippen LogP contribution in [0.1, 0.15) is 37.8 Å². The second-order valence-electron chi connectivity index (χ2n) is 10.8. The highest BCUT2D eigenvalue weighted by atomic mass is 35.5. The molecule has 9 nitrogen and oxygen atoms in total. The van der Waals surface area contributed by atoms with Crippen molar-refractivity contribution in [1.82, 2.24) is 10.2 Å². The predicted octanol–water partition coefficient (Wildman–Crippen LogP) is 4.82. The zero-order chi connectivity index (χ0) is 31.0. The first-order chi connectivity index (χ1) is 20.5. The standard InChI is InChI=1S/C32H38ClN3O6S/c1-23(2)34-32(38)28(20-24-9-5-4-6-10-24)35(22-25-11-7-12-26(33)19-25)31(37)13-8-16-36(43(3,39)40)27-14-15-29-30(21-27)42-18-17-41-29/h4-7,9-12,14-15,19,21,23,28H,8,13,16-18,20,22H2,1-3H3,(H,34,38)/t28-/m0/s1. The molecule has 0 aliphatic carbocycles. The summed E-state index contributed by atoms with van der Waals surface area (Å²) >= 11 is 6.25. The number of sulfonamides is 1. The summed E-state index contributed by atoms with van der Waals surface area (Å²) in [6.45, 7) is 4.78. The summed E-state index contributed by atoms with van der Waals surface area (Å²) in [4.78, 5) is 29.0. The normalized spacial score (nSPS) is 13.3. The molecule has 3 aromatic rings.